The Morgan fingerprint density at radius 2 is 0.902 bits per heavy atom. The van der Waals surface area contributed by atoms with Crippen LogP contribution in [0.1, 0.15) is 11.1 Å². The maximum atomic E-state index is 4.57. The van der Waals surface area contributed by atoms with Crippen LogP contribution in [0.25, 0.3) is 65.6 Å². The third-order valence-corrected chi connectivity index (χ3v) is 8.24. The fourth-order valence-corrected chi connectivity index (χ4v) is 6.22. The second-order valence-corrected chi connectivity index (χ2v) is 11.5. The Morgan fingerprint density at radius 3 is 1.29 bits per heavy atom. The first-order valence-electron chi connectivity index (χ1n) is 15.8. The van der Waals surface area contributed by atoms with Crippen molar-refractivity contribution in [3.63, 3.8) is 0 Å². The maximum absolute atomic E-state index is 4.57. The van der Waals surface area contributed by atoms with Gasteiger partial charge in [-0.15, -0.1) is 93.9 Å². The van der Waals surface area contributed by atoms with Crippen LogP contribution < -0.4 is 0 Å². The second-order valence-electron chi connectivity index (χ2n) is 11.5. The molecule has 0 saturated heterocycles. The summed E-state index contributed by atoms with van der Waals surface area (Å²) in [5.74, 6) is 0. The zero-order valence-corrected chi connectivity index (χ0v) is 33.9. The number of nitrogens with zero attached hydrogens (tertiary/aromatic N) is 2. The van der Waals surface area contributed by atoms with Crippen LogP contribution in [0.4, 0.5) is 0 Å². The summed E-state index contributed by atoms with van der Waals surface area (Å²) in [5.41, 5.74) is 9.70. The van der Waals surface area contributed by atoms with Gasteiger partial charge in [-0.2, -0.15) is 48.5 Å². The number of benzene rings is 5. The Balaban J connectivity index is 0.000000217. The van der Waals surface area contributed by atoms with Crippen molar-refractivity contribution in [3.8, 4) is 22.3 Å². The third-order valence-electron chi connectivity index (χ3n) is 8.24. The molecule has 9 aromatic rings. The zero-order chi connectivity index (χ0) is 33.3. The van der Waals surface area contributed by atoms with E-state index in [-0.39, 0.29) is 32.2 Å². The topological polar surface area (TPSA) is 25.8 Å². The molecule has 0 N–H and O–H groups in total. The summed E-state index contributed by atoms with van der Waals surface area (Å²) in [5, 5.41) is 7.59. The molecular weight excluding hydrogens is 759 g/mol. The van der Waals surface area contributed by atoms with E-state index in [1.165, 1.54) is 89.0 Å². The fraction of sp³-hybridized carbons (Fsp3) is 0.0444. The monoisotopic (exact) mass is 794 g/mol. The molecule has 2 radical (unpaired) electrons. The van der Waals surface area contributed by atoms with Crippen LogP contribution in [0.2, 0.25) is 0 Å². The molecular formula is C45H38Cl2N2SiZr-4. The molecule has 6 heteroatoms. The Kier molecular flexibility index (Phi) is 16.2. The maximum Gasteiger partial charge on any atom is -0.171 e. The van der Waals surface area contributed by atoms with Crippen molar-refractivity contribution in [2.45, 2.75) is 13.8 Å². The predicted molar refractivity (Wildman–Crippen MR) is 222 cm³/mol. The molecule has 7 aromatic carbocycles. The number of rotatable bonds is 2. The molecule has 254 valence electrons. The summed E-state index contributed by atoms with van der Waals surface area (Å²) >= 11 is 1.36. The van der Waals surface area contributed by atoms with E-state index in [1.54, 1.807) is 0 Å². The Morgan fingerprint density at radius 1 is 0.510 bits per heavy atom. The molecule has 51 heavy (non-hydrogen) atoms. The van der Waals surface area contributed by atoms with Gasteiger partial charge >= 0.3 is 30.2 Å². The van der Waals surface area contributed by atoms with Gasteiger partial charge in [0.2, 0.25) is 0 Å². The van der Waals surface area contributed by atoms with E-state index in [2.05, 4.69) is 146 Å². The summed E-state index contributed by atoms with van der Waals surface area (Å²) in [7, 11) is 0. The Labute approximate surface area is 330 Å². The first-order valence-corrected chi connectivity index (χ1v) is 20.0. The fourth-order valence-electron chi connectivity index (χ4n) is 6.22. The summed E-state index contributed by atoms with van der Waals surface area (Å²) in [6.07, 6.45) is 3.73. The van der Waals surface area contributed by atoms with Gasteiger partial charge in [0.1, 0.15) is 0 Å². The van der Waals surface area contributed by atoms with Crippen LogP contribution in [0, 0.1) is 27.3 Å². The van der Waals surface area contributed by atoms with Gasteiger partial charge < -0.3 is 7.43 Å². The molecule has 0 bridgehead atoms. The summed E-state index contributed by atoms with van der Waals surface area (Å²) in [6.45, 7) is 7.35. The van der Waals surface area contributed by atoms with Crippen molar-refractivity contribution in [3.05, 3.63) is 189 Å². The first-order chi connectivity index (χ1) is 23.7. The van der Waals surface area contributed by atoms with Gasteiger partial charge in [-0.25, -0.2) is 0 Å². The van der Waals surface area contributed by atoms with Crippen molar-refractivity contribution in [2.75, 3.05) is 0 Å². The van der Waals surface area contributed by atoms with Crippen LogP contribution in [0.15, 0.2) is 164 Å². The first kappa shape index (κ1) is 41.2. The number of fused-ring (bicyclic) bond motifs is 4. The molecule has 0 aliphatic heterocycles. The molecule has 0 spiro atoms. The largest absolute Gasteiger partial charge is 0.184 e. The molecule has 2 heterocycles. The zero-order valence-electron chi connectivity index (χ0n) is 28.8. The Bertz CT molecular complexity index is 2240. The van der Waals surface area contributed by atoms with Crippen molar-refractivity contribution in [2.24, 2.45) is 0 Å². The predicted octanol–water partition coefficient (Wildman–Crippen LogP) is 12.6. The van der Waals surface area contributed by atoms with Crippen molar-refractivity contribution >= 4 is 75.0 Å². The van der Waals surface area contributed by atoms with Crippen LogP contribution >= 0.6 is 24.8 Å². The van der Waals surface area contributed by atoms with Crippen LogP contribution in [-0.2, 0) is 23.3 Å². The molecule has 9 rings (SSSR count). The van der Waals surface area contributed by atoms with Gasteiger partial charge in [-0.3, -0.25) is 9.97 Å². The van der Waals surface area contributed by atoms with Crippen LogP contribution in [0.5, 0.6) is 0 Å². The van der Waals surface area contributed by atoms with Gasteiger partial charge in [-0.05, 0) is 23.3 Å². The molecule has 0 unspecified atom stereocenters. The summed E-state index contributed by atoms with van der Waals surface area (Å²) < 4.78 is 0. The number of aryl methyl sites for hydroxylation is 2. The Hall–Kier alpha value is -4.18. The van der Waals surface area contributed by atoms with Crippen molar-refractivity contribution in [1.29, 1.82) is 0 Å². The average Bonchev–Trinajstić information content (AvgIpc) is 3.74. The van der Waals surface area contributed by atoms with Gasteiger partial charge in [0, 0.05) is 23.2 Å². The number of hydrogen-bond donors (Lipinski definition) is 0. The quantitative estimate of drug-likeness (QED) is 0.129. The van der Waals surface area contributed by atoms with Gasteiger partial charge in [0.15, 0.2) is 0 Å². The smallest absolute Gasteiger partial charge is 0.171 e. The normalized spacial score (nSPS) is 9.82. The van der Waals surface area contributed by atoms with E-state index in [9.17, 15) is 0 Å². The number of pyridine rings is 2. The van der Waals surface area contributed by atoms with E-state index >= 15 is 0 Å². The number of para-hydroxylation sites is 2. The number of halogens is 2. The van der Waals surface area contributed by atoms with Gasteiger partial charge in [0.25, 0.3) is 0 Å². The summed E-state index contributed by atoms with van der Waals surface area (Å²) in [4.78, 5) is 9.14. The summed E-state index contributed by atoms with van der Waals surface area (Å²) in [6, 6.07) is 55.4. The minimum atomic E-state index is 0. The molecule has 2 aromatic heterocycles. The standard InChI is InChI=1S/2C19H14N.C6H5.CH3.2ClH.Si.Zr/c2*1-13-11-15-6-3-8-16(18(15)12-13)17-9-2-5-14-7-4-10-20-19(14)17;1-2-4-6-5-3-1;;;;;/h2*2-12H,1H3;1-5H;1H3;2*1H;;/q4*-1;;;;. The van der Waals surface area contributed by atoms with Crippen molar-refractivity contribution < 1.29 is 23.3 Å². The van der Waals surface area contributed by atoms with E-state index in [0.29, 0.717) is 0 Å². The van der Waals surface area contributed by atoms with Crippen molar-refractivity contribution in [1.82, 2.24) is 9.97 Å². The molecule has 0 amide bonds. The molecule has 0 atom stereocenters. The number of aromatic nitrogens is 2. The molecule has 0 fully saturated rings. The number of hydrogen-bond acceptors (Lipinski definition) is 2. The van der Waals surface area contributed by atoms with E-state index in [4.69, 9.17) is 0 Å². The van der Waals surface area contributed by atoms with Gasteiger partial charge in [0.05, 0.1) is 11.0 Å². The molecule has 0 saturated carbocycles. The third kappa shape index (κ3) is 9.58. The van der Waals surface area contributed by atoms with E-state index in [1.807, 2.05) is 54.9 Å². The van der Waals surface area contributed by atoms with E-state index < -0.39 is 0 Å². The minimum Gasteiger partial charge on any atom is -0.184 e. The van der Waals surface area contributed by atoms with Gasteiger partial charge in [-0.1, -0.05) is 85.6 Å². The minimum absolute atomic E-state index is 0. The average molecular weight is 797 g/mol. The molecule has 0 aliphatic carbocycles. The van der Waals surface area contributed by atoms with Crippen LogP contribution in [0.3, 0.4) is 0 Å². The second kappa shape index (κ2) is 20.0. The van der Waals surface area contributed by atoms with Crippen LogP contribution in [-0.4, -0.2) is 16.8 Å². The molecule has 2 nitrogen and oxygen atoms in total. The van der Waals surface area contributed by atoms with E-state index in [0.717, 1.165) is 11.0 Å². The SMILES string of the molecule is Cc1cc2c(-c3cccc4cccnc34)cccc2[cH-]1.Cc1cc2c(-c3cccc4cccnc34)cccc2[cH-]1.Cl.Cl.[CH3-].[Si]=[Zr].[c-]1ccccc1. The molecule has 0 aliphatic rings.